The molecule has 0 radical (unpaired) electrons. The van der Waals surface area contributed by atoms with Crippen LogP contribution in [-0.4, -0.2) is 15.0 Å². The van der Waals surface area contributed by atoms with Crippen molar-refractivity contribution in [2.45, 2.75) is 6.92 Å². The number of hydrogen-bond donors (Lipinski definition) is 1. The van der Waals surface area contributed by atoms with Crippen molar-refractivity contribution in [2.75, 3.05) is 0 Å². The van der Waals surface area contributed by atoms with Gasteiger partial charge in [-0.25, -0.2) is 9.97 Å². The first-order valence-corrected chi connectivity index (χ1v) is 4.07. The molecule has 0 saturated carbocycles. The summed E-state index contributed by atoms with van der Waals surface area (Å²) in [6.07, 6.45) is 1.50. The van der Waals surface area contributed by atoms with E-state index in [1.807, 2.05) is 0 Å². The van der Waals surface area contributed by atoms with Crippen molar-refractivity contribution in [3.8, 4) is 0 Å². The van der Waals surface area contributed by atoms with E-state index in [1.165, 1.54) is 12.3 Å². The number of halogens is 1. The molecule has 0 fully saturated rings. The van der Waals surface area contributed by atoms with Gasteiger partial charge in [-0.3, -0.25) is 4.79 Å². The molecule has 2 heterocycles. The number of H-pyrrole nitrogens is 1. The van der Waals surface area contributed by atoms with Crippen LogP contribution in [0.15, 0.2) is 17.1 Å². The Labute approximate surface area is 78.6 Å². The maximum absolute atomic E-state index is 11.0. The van der Waals surface area contributed by atoms with E-state index in [2.05, 4.69) is 15.0 Å². The standard InChI is InChI=1S/C8H6ClN3O/c1-4-2-6(13)11-5-3-10-8(9)12-7(4)5/h2-3H,1H3,(H,11,13). The van der Waals surface area contributed by atoms with Gasteiger partial charge in [-0.15, -0.1) is 0 Å². The van der Waals surface area contributed by atoms with E-state index in [1.54, 1.807) is 6.92 Å². The number of nitrogens with zero attached hydrogens (tertiary/aromatic N) is 2. The van der Waals surface area contributed by atoms with E-state index in [9.17, 15) is 4.79 Å². The van der Waals surface area contributed by atoms with Gasteiger partial charge in [0, 0.05) is 6.07 Å². The molecule has 0 unspecified atom stereocenters. The maximum Gasteiger partial charge on any atom is 0.248 e. The minimum absolute atomic E-state index is 0.157. The predicted molar refractivity (Wildman–Crippen MR) is 49.9 cm³/mol. The number of hydrogen-bond acceptors (Lipinski definition) is 3. The van der Waals surface area contributed by atoms with Gasteiger partial charge in [0.15, 0.2) is 0 Å². The average Bonchev–Trinajstić information content (AvgIpc) is 2.06. The molecule has 5 heteroatoms. The zero-order valence-electron chi connectivity index (χ0n) is 6.84. The smallest absolute Gasteiger partial charge is 0.248 e. The molecule has 0 bridgehead atoms. The van der Waals surface area contributed by atoms with Crippen LogP contribution >= 0.6 is 11.6 Å². The highest BCUT2D eigenvalue weighted by Gasteiger charge is 2.01. The third kappa shape index (κ3) is 1.40. The quantitative estimate of drug-likeness (QED) is 0.645. The lowest BCUT2D eigenvalue weighted by molar-refractivity contribution is 1.16. The molecule has 13 heavy (non-hydrogen) atoms. The molecule has 2 aromatic rings. The predicted octanol–water partition coefficient (Wildman–Crippen LogP) is 1.28. The third-order valence-corrected chi connectivity index (χ3v) is 1.92. The van der Waals surface area contributed by atoms with E-state index in [0.717, 1.165) is 5.56 Å². The fraction of sp³-hybridized carbons (Fsp3) is 0.125. The van der Waals surface area contributed by atoms with Crippen LogP contribution in [0.2, 0.25) is 5.28 Å². The van der Waals surface area contributed by atoms with Crippen molar-refractivity contribution < 1.29 is 0 Å². The monoisotopic (exact) mass is 195 g/mol. The summed E-state index contributed by atoms with van der Waals surface area (Å²) in [6.45, 7) is 1.81. The van der Waals surface area contributed by atoms with Crippen molar-refractivity contribution in [1.82, 2.24) is 15.0 Å². The summed E-state index contributed by atoms with van der Waals surface area (Å²) in [6, 6.07) is 1.48. The van der Waals surface area contributed by atoms with Gasteiger partial charge in [0.2, 0.25) is 10.8 Å². The summed E-state index contributed by atoms with van der Waals surface area (Å²) in [7, 11) is 0. The second kappa shape index (κ2) is 2.81. The first kappa shape index (κ1) is 8.19. The van der Waals surface area contributed by atoms with Crippen molar-refractivity contribution >= 4 is 22.6 Å². The van der Waals surface area contributed by atoms with Crippen LogP contribution in [0.25, 0.3) is 11.0 Å². The SMILES string of the molecule is Cc1cc(=O)[nH]c2cnc(Cl)nc12. The summed E-state index contributed by atoms with van der Waals surface area (Å²) in [5.74, 6) is 0. The number of aromatic amines is 1. The largest absolute Gasteiger partial charge is 0.319 e. The van der Waals surface area contributed by atoms with E-state index < -0.39 is 0 Å². The van der Waals surface area contributed by atoms with E-state index in [-0.39, 0.29) is 10.8 Å². The number of fused-ring (bicyclic) bond motifs is 1. The molecule has 0 atom stereocenters. The first-order valence-electron chi connectivity index (χ1n) is 3.69. The minimum atomic E-state index is -0.157. The molecule has 0 aliphatic carbocycles. The van der Waals surface area contributed by atoms with Crippen LogP contribution in [0.4, 0.5) is 0 Å². The fourth-order valence-electron chi connectivity index (χ4n) is 1.19. The van der Waals surface area contributed by atoms with E-state index >= 15 is 0 Å². The molecule has 0 spiro atoms. The molecule has 0 saturated heterocycles. The molecule has 0 aliphatic rings. The Morgan fingerprint density at radius 3 is 3.08 bits per heavy atom. The molecule has 4 nitrogen and oxygen atoms in total. The number of rotatable bonds is 0. The van der Waals surface area contributed by atoms with Gasteiger partial charge in [-0.05, 0) is 24.1 Å². The van der Waals surface area contributed by atoms with Gasteiger partial charge < -0.3 is 4.98 Å². The molecular formula is C8H6ClN3O. The Morgan fingerprint density at radius 1 is 1.54 bits per heavy atom. The minimum Gasteiger partial charge on any atom is -0.319 e. The van der Waals surface area contributed by atoms with Gasteiger partial charge in [0.25, 0.3) is 0 Å². The average molecular weight is 196 g/mol. The summed E-state index contributed by atoms with van der Waals surface area (Å²) >= 11 is 5.62. The highest BCUT2D eigenvalue weighted by Crippen LogP contribution is 2.11. The molecule has 1 N–H and O–H groups in total. The second-order valence-corrected chi connectivity index (χ2v) is 3.06. The molecule has 0 amide bonds. The van der Waals surface area contributed by atoms with Crippen LogP contribution < -0.4 is 5.56 Å². The molecule has 0 aliphatic heterocycles. The topological polar surface area (TPSA) is 58.6 Å². The number of aryl methyl sites for hydroxylation is 1. The summed E-state index contributed by atoms with van der Waals surface area (Å²) < 4.78 is 0. The van der Waals surface area contributed by atoms with Crippen LogP contribution in [0.1, 0.15) is 5.56 Å². The lowest BCUT2D eigenvalue weighted by Crippen LogP contribution is -2.06. The second-order valence-electron chi connectivity index (χ2n) is 2.72. The van der Waals surface area contributed by atoms with Crippen molar-refractivity contribution in [1.29, 1.82) is 0 Å². The number of nitrogens with one attached hydrogen (secondary N) is 1. The van der Waals surface area contributed by atoms with Gasteiger partial charge in [0.05, 0.1) is 17.2 Å². The highest BCUT2D eigenvalue weighted by molar-refractivity contribution is 6.28. The van der Waals surface area contributed by atoms with Gasteiger partial charge >= 0.3 is 0 Å². The number of aromatic nitrogens is 3. The summed E-state index contributed by atoms with van der Waals surface area (Å²) in [5, 5.41) is 0.183. The van der Waals surface area contributed by atoms with Crippen LogP contribution in [0.3, 0.4) is 0 Å². The molecule has 0 aromatic carbocycles. The molecule has 2 rings (SSSR count). The molecule has 66 valence electrons. The molecule has 2 aromatic heterocycles. The third-order valence-electron chi connectivity index (χ3n) is 1.74. The van der Waals surface area contributed by atoms with E-state index in [0.29, 0.717) is 11.0 Å². The Morgan fingerprint density at radius 2 is 2.31 bits per heavy atom. The Kier molecular flexibility index (Phi) is 1.77. The highest BCUT2D eigenvalue weighted by atomic mass is 35.5. The zero-order valence-corrected chi connectivity index (χ0v) is 7.59. The van der Waals surface area contributed by atoms with Gasteiger partial charge in [0.1, 0.15) is 0 Å². The summed E-state index contributed by atoms with van der Waals surface area (Å²) in [5.41, 5.74) is 1.92. The van der Waals surface area contributed by atoms with Crippen LogP contribution in [-0.2, 0) is 0 Å². The van der Waals surface area contributed by atoms with Crippen molar-refractivity contribution in [3.63, 3.8) is 0 Å². The van der Waals surface area contributed by atoms with Crippen molar-refractivity contribution in [3.05, 3.63) is 33.5 Å². The Bertz CT molecular complexity index is 520. The zero-order chi connectivity index (χ0) is 9.42. The lowest BCUT2D eigenvalue weighted by atomic mass is 10.2. The Balaban J connectivity index is 2.95. The van der Waals surface area contributed by atoms with Gasteiger partial charge in [-0.1, -0.05) is 0 Å². The number of pyridine rings is 1. The van der Waals surface area contributed by atoms with E-state index in [4.69, 9.17) is 11.6 Å². The van der Waals surface area contributed by atoms with Crippen molar-refractivity contribution in [2.24, 2.45) is 0 Å². The maximum atomic E-state index is 11.0. The summed E-state index contributed by atoms with van der Waals surface area (Å²) in [4.78, 5) is 21.4. The van der Waals surface area contributed by atoms with Gasteiger partial charge in [-0.2, -0.15) is 0 Å². The van der Waals surface area contributed by atoms with Crippen LogP contribution in [0, 0.1) is 6.92 Å². The Hall–Kier alpha value is -1.42. The fourth-order valence-corrected chi connectivity index (χ4v) is 1.32. The lowest BCUT2D eigenvalue weighted by Gasteiger charge is -1.99. The molecular weight excluding hydrogens is 190 g/mol. The van der Waals surface area contributed by atoms with Crippen LogP contribution in [0.5, 0.6) is 0 Å². The normalized spacial score (nSPS) is 10.6. The first-order chi connectivity index (χ1) is 6.16.